The molecule has 0 aliphatic carbocycles. The van der Waals surface area contributed by atoms with Crippen LogP contribution in [0.25, 0.3) is 0 Å². The van der Waals surface area contributed by atoms with Gasteiger partial charge in [-0.05, 0) is 56.6 Å². The van der Waals surface area contributed by atoms with Crippen LogP contribution in [0, 0.1) is 5.92 Å². The van der Waals surface area contributed by atoms with Gasteiger partial charge < -0.3 is 14.5 Å². The number of fused-ring (bicyclic) bond motifs is 1. The number of benzene rings is 1. The van der Waals surface area contributed by atoms with Crippen LogP contribution in [-0.4, -0.2) is 56.7 Å². The average molecular weight is 274 g/mol. The molecule has 2 aliphatic rings. The summed E-state index contributed by atoms with van der Waals surface area (Å²) in [4.78, 5) is 4.94. The van der Waals surface area contributed by atoms with Crippen LogP contribution in [0.15, 0.2) is 18.2 Å². The first-order valence-electron chi connectivity index (χ1n) is 7.82. The van der Waals surface area contributed by atoms with Crippen molar-refractivity contribution in [2.75, 3.05) is 46.9 Å². The smallest absolute Gasteiger partial charge is 0.122 e. The molecule has 110 valence electrons. The Labute approximate surface area is 122 Å². The van der Waals surface area contributed by atoms with E-state index in [0.29, 0.717) is 0 Å². The molecule has 3 rings (SSSR count). The summed E-state index contributed by atoms with van der Waals surface area (Å²) in [6.45, 7) is 5.83. The summed E-state index contributed by atoms with van der Waals surface area (Å²) in [5, 5.41) is 0. The lowest BCUT2D eigenvalue weighted by Gasteiger charge is -2.18. The average Bonchev–Trinajstić information content (AvgIpc) is 3.03. The van der Waals surface area contributed by atoms with Crippen molar-refractivity contribution in [2.24, 2.45) is 5.92 Å². The van der Waals surface area contributed by atoms with Crippen molar-refractivity contribution in [1.82, 2.24) is 9.80 Å². The van der Waals surface area contributed by atoms with E-state index in [2.05, 4.69) is 42.1 Å². The lowest BCUT2D eigenvalue weighted by molar-refractivity contribution is 0.293. The summed E-state index contributed by atoms with van der Waals surface area (Å²) in [5.41, 5.74) is 2.86. The van der Waals surface area contributed by atoms with Gasteiger partial charge in [-0.2, -0.15) is 0 Å². The second kappa shape index (κ2) is 6.15. The Morgan fingerprint density at radius 1 is 1.35 bits per heavy atom. The molecule has 0 bridgehead atoms. The maximum Gasteiger partial charge on any atom is 0.122 e. The molecular weight excluding hydrogens is 248 g/mol. The second-order valence-electron chi connectivity index (χ2n) is 6.51. The van der Waals surface area contributed by atoms with Crippen LogP contribution in [0.1, 0.15) is 17.5 Å². The first-order valence-corrected chi connectivity index (χ1v) is 7.82. The van der Waals surface area contributed by atoms with E-state index in [0.717, 1.165) is 24.7 Å². The first kappa shape index (κ1) is 13.9. The summed E-state index contributed by atoms with van der Waals surface area (Å²) in [7, 11) is 4.35. The van der Waals surface area contributed by atoms with Gasteiger partial charge in [-0.25, -0.2) is 0 Å². The third kappa shape index (κ3) is 3.33. The SMILES string of the molecule is CN(C)C[C@@H]1CCN(CCc2ccc3c(c2)CCO3)C1. The molecule has 2 aliphatic heterocycles. The fourth-order valence-corrected chi connectivity index (χ4v) is 3.46. The Bertz CT molecular complexity index is 458. The molecule has 1 aromatic carbocycles. The number of hydrogen-bond acceptors (Lipinski definition) is 3. The Hall–Kier alpha value is -1.06. The minimum atomic E-state index is 0.858. The third-order valence-corrected chi connectivity index (χ3v) is 4.46. The van der Waals surface area contributed by atoms with Crippen LogP contribution in [0.3, 0.4) is 0 Å². The summed E-state index contributed by atoms with van der Waals surface area (Å²) in [5.74, 6) is 1.96. The van der Waals surface area contributed by atoms with E-state index in [4.69, 9.17) is 4.74 Å². The van der Waals surface area contributed by atoms with E-state index < -0.39 is 0 Å². The van der Waals surface area contributed by atoms with Gasteiger partial charge in [0.2, 0.25) is 0 Å². The zero-order chi connectivity index (χ0) is 13.9. The van der Waals surface area contributed by atoms with Gasteiger partial charge >= 0.3 is 0 Å². The highest BCUT2D eigenvalue weighted by atomic mass is 16.5. The van der Waals surface area contributed by atoms with Crippen molar-refractivity contribution in [3.05, 3.63) is 29.3 Å². The van der Waals surface area contributed by atoms with Gasteiger partial charge in [-0.1, -0.05) is 12.1 Å². The molecule has 2 heterocycles. The fraction of sp³-hybridized carbons (Fsp3) is 0.647. The Morgan fingerprint density at radius 2 is 2.25 bits per heavy atom. The number of ether oxygens (including phenoxy) is 1. The normalized spacial score (nSPS) is 22.2. The number of hydrogen-bond donors (Lipinski definition) is 0. The molecule has 3 heteroatoms. The minimum Gasteiger partial charge on any atom is -0.493 e. The second-order valence-corrected chi connectivity index (χ2v) is 6.51. The van der Waals surface area contributed by atoms with Gasteiger partial charge in [0.05, 0.1) is 6.61 Å². The van der Waals surface area contributed by atoms with Crippen LogP contribution in [0.5, 0.6) is 5.75 Å². The highest BCUT2D eigenvalue weighted by Crippen LogP contribution is 2.26. The van der Waals surface area contributed by atoms with Gasteiger partial charge in [0.15, 0.2) is 0 Å². The van der Waals surface area contributed by atoms with Crippen molar-refractivity contribution >= 4 is 0 Å². The van der Waals surface area contributed by atoms with Crippen molar-refractivity contribution in [3.8, 4) is 5.75 Å². The first-order chi connectivity index (χ1) is 9.70. The van der Waals surface area contributed by atoms with Gasteiger partial charge in [0, 0.05) is 26.1 Å². The predicted octanol–water partition coefficient (Wildman–Crippen LogP) is 2.05. The monoisotopic (exact) mass is 274 g/mol. The molecule has 0 spiro atoms. The van der Waals surface area contributed by atoms with E-state index in [9.17, 15) is 0 Å². The van der Waals surface area contributed by atoms with Crippen LogP contribution < -0.4 is 4.74 Å². The van der Waals surface area contributed by atoms with Gasteiger partial charge in [-0.3, -0.25) is 0 Å². The van der Waals surface area contributed by atoms with Gasteiger partial charge in [0.1, 0.15) is 5.75 Å². The third-order valence-electron chi connectivity index (χ3n) is 4.46. The largest absolute Gasteiger partial charge is 0.493 e. The molecule has 0 aromatic heterocycles. The Kier molecular flexibility index (Phi) is 4.27. The Balaban J connectivity index is 1.48. The van der Waals surface area contributed by atoms with Gasteiger partial charge in [-0.15, -0.1) is 0 Å². The molecule has 1 atom stereocenters. The molecule has 0 unspecified atom stereocenters. The summed E-state index contributed by atoms with van der Waals surface area (Å²) in [6.07, 6.45) is 3.61. The molecule has 0 N–H and O–H groups in total. The molecule has 0 amide bonds. The van der Waals surface area contributed by atoms with Crippen LogP contribution >= 0.6 is 0 Å². The summed E-state index contributed by atoms with van der Waals surface area (Å²) >= 11 is 0. The number of likely N-dealkylation sites (tertiary alicyclic amines) is 1. The molecule has 1 saturated heterocycles. The zero-order valence-electron chi connectivity index (χ0n) is 12.8. The predicted molar refractivity (Wildman–Crippen MR) is 82.4 cm³/mol. The van der Waals surface area contributed by atoms with E-state index in [1.807, 2.05) is 0 Å². The Morgan fingerprint density at radius 3 is 3.10 bits per heavy atom. The number of rotatable bonds is 5. The van der Waals surface area contributed by atoms with Gasteiger partial charge in [0.25, 0.3) is 0 Å². The van der Waals surface area contributed by atoms with Crippen molar-refractivity contribution in [3.63, 3.8) is 0 Å². The minimum absolute atomic E-state index is 0.858. The van der Waals surface area contributed by atoms with Crippen molar-refractivity contribution in [1.29, 1.82) is 0 Å². The molecule has 1 fully saturated rings. The van der Waals surface area contributed by atoms with E-state index in [1.165, 1.54) is 50.1 Å². The van der Waals surface area contributed by atoms with E-state index in [1.54, 1.807) is 0 Å². The van der Waals surface area contributed by atoms with Crippen LogP contribution in [0.2, 0.25) is 0 Å². The highest BCUT2D eigenvalue weighted by Gasteiger charge is 2.22. The molecule has 1 aromatic rings. The highest BCUT2D eigenvalue weighted by molar-refractivity contribution is 5.39. The molecule has 20 heavy (non-hydrogen) atoms. The zero-order valence-corrected chi connectivity index (χ0v) is 12.8. The molecule has 0 radical (unpaired) electrons. The molecular formula is C17H26N2O. The molecule has 0 saturated carbocycles. The fourth-order valence-electron chi connectivity index (χ4n) is 3.46. The quantitative estimate of drug-likeness (QED) is 0.817. The van der Waals surface area contributed by atoms with E-state index in [-0.39, 0.29) is 0 Å². The van der Waals surface area contributed by atoms with Crippen LogP contribution in [0.4, 0.5) is 0 Å². The number of nitrogens with zero attached hydrogens (tertiary/aromatic N) is 2. The lowest BCUT2D eigenvalue weighted by Crippen LogP contribution is -2.27. The summed E-state index contributed by atoms with van der Waals surface area (Å²) in [6, 6.07) is 6.73. The lowest BCUT2D eigenvalue weighted by atomic mass is 10.1. The van der Waals surface area contributed by atoms with Crippen LogP contribution in [-0.2, 0) is 12.8 Å². The molecule has 3 nitrogen and oxygen atoms in total. The van der Waals surface area contributed by atoms with E-state index >= 15 is 0 Å². The standard InChI is InChI=1S/C17H26N2O/c1-18(2)12-15-6-9-19(13-15)8-5-14-3-4-17-16(11-14)7-10-20-17/h3-4,11,15H,5-10,12-13H2,1-2H3/t15-/m0/s1. The topological polar surface area (TPSA) is 15.7 Å². The maximum atomic E-state index is 5.57. The maximum absolute atomic E-state index is 5.57. The van der Waals surface area contributed by atoms with Crippen molar-refractivity contribution in [2.45, 2.75) is 19.3 Å². The van der Waals surface area contributed by atoms with Crippen molar-refractivity contribution < 1.29 is 4.74 Å². The summed E-state index contributed by atoms with van der Waals surface area (Å²) < 4.78 is 5.57.